The Hall–Kier alpha value is -6.68. The summed E-state index contributed by atoms with van der Waals surface area (Å²) in [4.78, 5) is 10.5. The van der Waals surface area contributed by atoms with Crippen LogP contribution >= 0.6 is 11.3 Å². The fourth-order valence-corrected chi connectivity index (χ4v) is 8.52. The monoisotopic (exact) mass is 692 g/mol. The summed E-state index contributed by atoms with van der Waals surface area (Å²) in [5.41, 5.74) is 11.8. The zero-order valence-electron chi connectivity index (χ0n) is 28.8. The molecule has 0 spiro atoms. The van der Waals surface area contributed by atoms with Gasteiger partial charge in [0, 0.05) is 36.9 Å². The van der Waals surface area contributed by atoms with Crippen molar-refractivity contribution in [1.29, 1.82) is 0 Å². The van der Waals surface area contributed by atoms with Crippen LogP contribution in [0.1, 0.15) is 0 Å². The molecule has 8 aromatic carbocycles. The predicted molar refractivity (Wildman–Crippen MR) is 225 cm³/mol. The second-order valence-corrected chi connectivity index (χ2v) is 14.5. The van der Waals surface area contributed by atoms with Gasteiger partial charge in [-0.15, -0.1) is 11.3 Å². The molecule has 2 aromatic heterocycles. The lowest BCUT2D eigenvalue weighted by Gasteiger charge is -2.14. The van der Waals surface area contributed by atoms with Gasteiger partial charge < -0.3 is 0 Å². The summed E-state index contributed by atoms with van der Waals surface area (Å²) in [6.07, 6.45) is 0. The van der Waals surface area contributed by atoms with Gasteiger partial charge in [0.1, 0.15) is 0 Å². The van der Waals surface area contributed by atoms with Crippen LogP contribution in [0, 0.1) is 0 Å². The second-order valence-electron chi connectivity index (χ2n) is 13.4. The summed E-state index contributed by atoms with van der Waals surface area (Å²) in [7, 11) is 0. The highest BCUT2D eigenvalue weighted by atomic mass is 32.1. The van der Waals surface area contributed by atoms with Crippen LogP contribution in [0.15, 0.2) is 194 Å². The molecule has 53 heavy (non-hydrogen) atoms. The molecule has 2 nitrogen and oxygen atoms in total. The van der Waals surface area contributed by atoms with Crippen molar-refractivity contribution in [3.8, 4) is 67.3 Å². The topological polar surface area (TPSA) is 25.8 Å². The minimum atomic E-state index is 0.696. The molecule has 0 atom stereocenters. The van der Waals surface area contributed by atoms with Crippen LogP contribution in [0.2, 0.25) is 0 Å². The predicted octanol–water partition coefficient (Wildman–Crippen LogP) is 14.0. The Bertz CT molecular complexity index is 2940. The number of rotatable bonds is 6. The highest BCUT2D eigenvalue weighted by Gasteiger charge is 2.15. The number of thiophene rings is 1. The number of hydrogen-bond acceptors (Lipinski definition) is 3. The molecule has 0 aliphatic rings. The maximum atomic E-state index is 5.34. The van der Waals surface area contributed by atoms with Gasteiger partial charge in [0.2, 0.25) is 0 Å². The Kier molecular flexibility index (Phi) is 7.71. The van der Waals surface area contributed by atoms with Crippen LogP contribution in [-0.4, -0.2) is 9.97 Å². The summed E-state index contributed by atoms with van der Waals surface area (Å²) < 4.78 is 2.61. The van der Waals surface area contributed by atoms with E-state index < -0.39 is 0 Å². The molecule has 10 rings (SSSR count). The van der Waals surface area contributed by atoms with Crippen LogP contribution < -0.4 is 0 Å². The van der Waals surface area contributed by atoms with Crippen molar-refractivity contribution in [1.82, 2.24) is 9.97 Å². The highest BCUT2D eigenvalue weighted by Crippen LogP contribution is 2.39. The van der Waals surface area contributed by atoms with Crippen LogP contribution in [0.5, 0.6) is 0 Å². The molecule has 0 saturated heterocycles. The third kappa shape index (κ3) is 5.87. The molecule has 0 aliphatic carbocycles. The third-order valence-corrected chi connectivity index (χ3v) is 11.2. The van der Waals surface area contributed by atoms with E-state index in [2.05, 4.69) is 188 Å². The Balaban J connectivity index is 1.17. The van der Waals surface area contributed by atoms with Gasteiger partial charge in [0.15, 0.2) is 5.82 Å². The molecule has 2 heterocycles. The molecule has 0 amide bonds. The van der Waals surface area contributed by atoms with Gasteiger partial charge in [-0.1, -0.05) is 146 Å². The number of fused-ring (bicyclic) bond motifs is 4. The number of benzene rings is 8. The molecule has 248 valence electrons. The van der Waals surface area contributed by atoms with E-state index in [1.54, 1.807) is 0 Å². The molecule has 0 saturated carbocycles. The molecule has 0 radical (unpaired) electrons. The maximum absolute atomic E-state index is 5.34. The van der Waals surface area contributed by atoms with Crippen molar-refractivity contribution in [3.63, 3.8) is 0 Å². The molecular formula is C50H32N2S. The molecule has 3 heteroatoms. The SMILES string of the molecule is c1ccc(-c2cc(-c3ccc4sc5ccccc5c4c3)cc(-c3cc(-c4ccccc4)nc(-c4cccc(-c5cccc6ccccc56)c4)n3)c2)cc1. The van der Waals surface area contributed by atoms with Gasteiger partial charge in [-0.25, -0.2) is 9.97 Å². The van der Waals surface area contributed by atoms with E-state index in [4.69, 9.17) is 9.97 Å². The van der Waals surface area contributed by atoms with Crippen molar-refractivity contribution in [2.45, 2.75) is 0 Å². The largest absolute Gasteiger partial charge is 0.228 e. The van der Waals surface area contributed by atoms with E-state index in [0.29, 0.717) is 5.82 Å². The van der Waals surface area contributed by atoms with Gasteiger partial charge in [0.25, 0.3) is 0 Å². The van der Waals surface area contributed by atoms with Crippen LogP contribution in [0.4, 0.5) is 0 Å². The highest BCUT2D eigenvalue weighted by molar-refractivity contribution is 7.25. The van der Waals surface area contributed by atoms with E-state index in [1.807, 2.05) is 17.4 Å². The number of aromatic nitrogens is 2. The average Bonchev–Trinajstić information content (AvgIpc) is 3.62. The van der Waals surface area contributed by atoms with E-state index in [-0.39, 0.29) is 0 Å². The molecule has 0 unspecified atom stereocenters. The van der Waals surface area contributed by atoms with Crippen molar-refractivity contribution in [2.75, 3.05) is 0 Å². The molecular weight excluding hydrogens is 661 g/mol. The Morgan fingerprint density at radius 2 is 0.868 bits per heavy atom. The fraction of sp³-hybridized carbons (Fsp3) is 0. The third-order valence-electron chi connectivity index (χ3n) is 10.1. The lowest BCUT2D eigenvalue weighted by Crippen LogP contribution is -1.97. The van der Waals surface area contributed by atoms with Gasteiger partial charge in [-0.2, -0.15) is 0 Å². The van der Waals surface area contributed by atoms with Crippen molar-refractivity contribution in [2.24, 2.45) is 0 Å². The molecule has 0 fully saturated rings. The summed E-state index contributed by atoms with van der Waals surface area (Å²) in [5.74, 6) is 0.696. The quantitative estimate of drug-likeness (QED) is 0.173. The van der Waals surface area contributed by atoms with E-state index in [9.17, 15) is 0 Å². The molecule has 10 aromatic rings. The van der Waals surface area contributed by atoms with Crippen molar-refractivity contribution in [3.05, 3.63) is 194 Å². The smallest absolute Gasteiger partial charge is 0.160 e. The Morgan fingerprint density at radius 1 is 0.302 bits per heavy atom. The lowest BCUT2D eigenvalue weighted by molar-refractivity contribution is 1.18. The Morgan fingerprint density at radius 3 is 1.70 bits per heavy atom. The van der Waals surface area contributed by atoms with Crippen molar-refractivity contribution >= 4 is 42.3 Å². The first-order valence-electron chi connectivity index (χ1n) is 17.9. The minimum absolute atomic E-state index is 0.696. The zero-order valence-corrected chi connectivity index (χ0v) is 29.6. The van der Waals surface area contributed by atoms with Gasteiger partial charge >= 0.3 is 0 Å². The van der Waals surface area contributed by atoms with Gasteiger partial charge in [-0.3, -0.25) is 0 Å². The van der Waals surface area contributed by atoms with Crippen LogP contribution in [0.25, 0.3) is 98.2 Å². The van der Waals surface area contributed by atoms with Crippen LogP contribution in [0.3, 0.4) is 0 Å². The van der Waals surface area contributed by atoms with E-state index in [1.165, 1.54) is 42.1 Å². The van der Waals surface area contributed by atoms with Crippen LogP contribution in [-0.2, 0) is 0 Å². The summed E-state index contributed by atoms with van der Waals surface area (Å²) >= 11 is 1.85. The first-order valence-corrected chi connectivity index (χ1v) is 18.7. The minimum Gasteiger partial charge on any atom is -0.228 e. The second kappa shape index (κ2) is 13.1. The first-order chi connectivity index (χ1) is 26.2. The first kappa shape index (κ1) is 31.1. The molecule has 0 aliphatic heterocycles. The molecule has 0 N–H and O–H groups in total. The fourth-order valence-electron chi connectivity index (χ4n) is 7.43. The summed E-state index contributed by atoms with van der Waals surface area (Å²) in [6.45, 7) is 0. The summed E-state index contributed by atoms with van der Waals surface area (Å²) in [6, 6.07) is 69.3. The number of nitrogens with zero attached hydrogens (tertiary/aromatic N) is 2. The van der Waals surface area contributed by atoms with Gasteiger partial charge in [-0.05, 0) is 92.7 Å². The Labute approximate surface area is 312 Å². The van der Waals surface area contributed by atoms with E-state index in [0.717, 1.165) is 50.3 Å². The number of hydrogen-bond donors (Lipinski definition) is 0. The summed E-state index contributed by atoms with van der Waals surface area (Å²) in [5, 5.41) is 5.04. The van der Waals surface area contributed by atoms with Crippen molar-refractivity contribution < 1.29 is 0 Å². The normalized spacial score (nSPS) is 11.4. The van der Waals surface area contributed by atoms with Gasteiger partial charge in [0.05, 0.1) is 11.4 Å². The maximum Gasteiger partial charge on any atom is 0.160 e. The molecule has 0 bridgehead atoms. The zero-order chi connectivity index (χ0) is 35.1. The van der Waals surface area contributed by atoms with E-state index >= 15 is 0 Å². The standard InChI is InChI=1S/C50H32N2S/c1-3-13-33(14-4-1)39-28-40(36-25-26-49-45(31-36)44-22-9-10-24-48(44)53-49)30-41(29-39)47-32-46(35-16-5-2-6-17-35)51-50(52-47)38-20-11-19-37(27-38)43-23-12-18-34-15-7-8-21-42(34)43/h1-32H. The lowest BCUT2D eigenvalue weighted by atomic mass is 9.94. The average molecular weight is 693 g/mol.